The normalized spacial score (nSPS) is 19.6. The molecule has 26 heavy (non-hydrogen) atoms. The van der Waals surface area contributed by atoms with Gasteiger partial charge in [-0.1, -0.05) is 6.07 Å². The quantitative estimate of drug-likeness (QED) is 0.833. The molecule has 8 heteroatoms. The summed E-state index contributed by atoms with van der Waals surface area (Å²) in [6.45, 7) is 1.80. The van der Waals surface area contributed by atoms with E-state index < -0.39 is 15.8 Å². The molecule has 1 aliphatic rings. The molecule has 6 nitrogen and oxygen atoms in total. The second-order valence-corrected chi connectivity index (χ2v) is 8.17. The number of sulfonamides is 1. The Hall–Kier alpha value is -2.34. The number of aliphatic hydroxyl groups excluding tert-OH is 1. The second-order valence-electron chi connectivity index (χ2n) is 6.45. The van der Waals surface area contributed by atoms with Crippen molar-refractivity contribution in [1.82, 2.24) is 9.71 Å². The van der Waals surface area contributed by atoms with Crippen LogP contribution in [0.5, 0.6) is 0 Å². The smallest absolute Gasteiger partial charge is 0.240 e. The highest BCUT2D eigenvalue weighted by molar-refractivity contribution is 7.89. The summed E-state index contributed by atoms with van der Waals surface area (Å²) in [5.41, 5.74) is 1.38. The van der Waals surface area contributed by atoms with Crippen molar-refractivity contribution in [2.45, 2.75) is 30.7 Å². The summed E-state index contributed by atoms with van der Waals surface area (Å²) in [4.78, 5) is 4.11. The van der Waals surface area contributed by atoms with Gasteiger partial charge in [0, 0.05) is 18.2 Å². The molecule has 2 aromatic rings. The van der Waals surface area contributed by atoms with Crippen LogP contribution in [0, 0.1) is 30.0 Å². The number of nitriles is 1. The number of hydrogen-bond donors (Lipinski definition) is 2. The van der Waals surface area contributed by atoms with Gasteiger partial charge in [-0.05, 0) is 55.5 Å². The molecule has 1 fully saturated rings. The third-order valence-corrected chi connectivity index (χ3v) is 6.07. The van der Waals surface area contributed by atoms with E-state index in [1.54, 1.807) is 19.1 Å². The molecule has 0 atom stereocenters. The molecule has 2 N–H and O–H groups in total. The second kappa shape index (κ2) is 7.11. The first-order valence-electron chi connectivity index (χ1n) is 8.15. The van der Waals surface area contributed by atoms with E-state index in [2.05, 4.69) is 9.71 Å². The number of hydrogen-bond acceptors (Lipinski definition) is 5. The third kappa shape index (κ3) is 3.60. The topological polar surface area (TPSA) is 103 Å². The van der Waals surface area contributed by atoms with Crippen LogP contribution in [0.1, 0.15) is 24.1 Å². The molecular weight excluding hydrogens is 357 g/mol. The summed E-state index contributed by atoms with van der Waals surface area (Å²) in [7, 11) is -3.66. The molecule has 0 bridgehead atoms. The van der Waals surface area contributed by atoms with Gasteiger partial charge in [-0.15, -0.1) is 0 Å². The number of aryl methyl sites for hydroxylation is 1. The van der Waals surface area contributed by atoms with E-state index in [1.165, 1.54) is 24.3 Å². The summed E-state index contributed by atoms with van der Waals surface area (Å²) >= 11 is 0. The van der Waals surface area contributed by atoms with Crippen molar-refractivity contribution in [2.24, 2.45) is 5.92 Å². The zero-order valence-electron chi connectivity index (χ0n) is 14.1. The number of halogens is 1. The monoisotopic (exact) mass is 375 g/mol. The van der Waals surface area contributed by atoms with E-state index in [9.17, 15) is 12.8 Å². The van der Waals surface area contributed by atoms with Gasteiger partial charge in [0.05, 0.1) is 10.6 Å². The van der Waals surface area contributed by atoms with E-state index in [0.717, 1.165) is 0 Å². The fraction of sp³-hybridized carbons (Fsp3) is 0.333. The zero-order chi connectivity index (χ0) is 18.9. The van der Waals surface area contributed by atoms with Gasteiger partial charge in [0.25, 0.3) is 0 Å². The Morgan fingerprint density at radius 3 is 2.69 bits per heavy atom. The van der Waals surface area contributed by atoms with E-state index >= 15 is 0 Å². The van der Waals surface area contributed by atoms with Gasteiger partial charge in [0.1, 0.15) is 6.07 Å². The maximum Gasteiger partial charge on any atom is 0.240 e. The number of aliphatic hydroxyl groups is 1. The van der Waals surface area contributed by atoms with Crippen molar-refractivity contribution in [3.8, 4) is 17.3 Å². The van der Waals surface area contributed by atoms with Gasteiger partial charge >= 0.3 is 0 Å². The minimum absolute atomic E-state index is 0.0708. The van der Waals surface area contributed by atoms with Crippen LogP contribution in [-0.4, -0.2) is 31.2 Å². The van der Waals surface area contributed by atoms with Crippen molar-refractivity contribution >= 4 is 10.0 Å². The van der Waals surface area contributed by atoms with Crippen LogP contribution < -0.4 is 4.72 Å². The van der Waals surface area contributed by atoms with E-state index in [-0.39, 0.29) is 29.2 Å². The highest BCUT2D eigenvalue weighted by atomic mass is 32.2. The lowest BCUT2D eigenvalue weighted by molar-refractivity contribution is 0.137. The molecule has 0 saturated heterocycles. The van der Waals surface area contributed by atoms with Crippen molar-refractivity contribution in [3.63, 3.8) is 0 Å². The maximum absolute atomic E-state index is 13.4. The van der Waals surface area contributed by atoms with Gasteiger partial charge in [0.2, 0.25) is 10.0 Å². The summed E-state index contributed by atoms with van der Waals surface area (Å²) in [6.07, 6.45) is 1.26. The third-order valence-electron chi connectivity index (χ3n) is 4.55. The summed E-state index contributed by atoms with van der Waals surface area (Å²) < 4.78 is 41.1. The summed E-state index contributed by atoms with van der Waals surface area (Å²) in [5.74, 6) is -0.537. The van der Waals surface area contributed by atoms with Crippen molar-refractivity contribution in [3.05, 3.63) is 47.4 Å². The van der Waals surface area contributed by atoms with E-state index in [0.29, 0.717) is 29.7 Å². The lowest BCUT2D eigenvalue weighted by atomic mass is 9.82. The zero-order valence-corrected chi connectivity index (χ0v) is 14.9. The van der Waals surface area contributed by atoms with Crippen LogP contribution in [0.25, 0.3) is 11.3 Å². The van der Waals surface area contributed by atoms with Crippen LogP contribution >= 0.6 is 0 Å². The SMILES string of the molecule is Cc1cc(S(=O)(=O)NC2CC(CO)C2)ccc1-c1ccc(F)c(C#N)n1. The average Bonchev–Trinajstić information content (AvgIpc) is 2.58. The molecule has 136 valence electrons. The largest absolute Gasteiger partial charge is 0.396 e. The molecule has 1 heterocycles. The molecule has 0 amide bonds. The van der Waals surface area contributed by atoms with Crippen LogP contribution in [-0.2, 0) is 10.0 Å². The highest BCUT2D eigenvalue weighted by Crippen LogP contribution is 2.29. The first-order valence-corrected chi connectivity index (χ1v) is 9.63. The van der Waals surface area contributed by atoms with Crippen LogP contribution in [0.4, 0.5) is 4.39 Å². The Kier molecular flexibility index (Phi) is 5.05. The number of benzene rings is 1. The Balaban J connectivity index is 1.85. The Labute approximate surface area is 151 Å². The van der Waals surface area contributed by atoms with Gasteiger partial charge in [-0.3, -0.25) is 0 Å². The number of nitrogens with zero attached hydrogens (tertiary/aromatic N) is 2. The minimum Gasteiger partial charge on any atom is -0.396 e. The standard InChI is InChI=1S/C18H18FN3O3S/c1-11-6-14(26(24,25)22-13-7-12(8-13)10-23)2-3-15(11)17-5-4-16(19)18(9-20)21-17/h2-6,12-13,22-23H,7-8,10H2,1H3. The van der Waals surface area contributed by atoms with E-state index in [1.807, 2.05) is 0 Å². The Morgan fingerprint density at radius 1 is 1.35 bits per heavy atom. The van der Waals surface area contributed by atoms with Gasteiger partial charge in [-0.25, -0.2) is 22.5 Å². The lowest BCUT2D eigenvalue weighted by Gasteiger charge is -2.34. The first kappa shape index (κ1) is 18.5. The minimum atomic E-state index is -3.66. The van der Waals surface area contributed by atoms with Gasteiger partial charge in [0.15, 0.2) is 11.5 Å². The Bertz CT molecular complexity index is 980. The predicted molar refractivity (Wildman–Crippen MR) is 93.0 cm³/mol. The highest BCUT2D eigenvalue weighted by Gasteiger charge is 2.32. The summed E-state index contributed by atoms with van der Waals surface area (Å²) in [5, 5.41) is 17.9. The molecule has 1 aliphatic carbocycles. The first-order chi connectivity index (χ1) is 12.3. The number of aromatic nitrogens is 1. The van der Waals surface area contributed by atoms with Crippen molar-refractivity contribution in [1.29, 1.82) is 5.26 Å². The molecule has 0 aliphatic heterocycles. The number of nitrogens with one attached hydrogen (secondary N) is 1. The summed E-state index contributed by atoms with van der Waals surface area (Å²) in [6, 6.07) is 8.74. The lowest BCUT2D eigenvalue weighted by Crippen LogP contribution is -2.45. The van der Waals surface area contributed by atoms with Gasteiger partial charge in [-0.2, -0.15) is 5.26 Å². The molecule has 1 aromatic carbocycles. The molecule has 1 aromatic heterocycles. The maximum atomic E-state index is 13.4. The molecule has 0 radical (unpaired) electrons. The average molecular weight is 375 g/mol. The fourth-order valence-corrected chi connectivity index (χ4v) is 4.38. The van der Waals surface area contributed by atoms with E-state index in [4.69, 9.17) is 10.4 Å². The van der Waals surface area contributed by atoms with Crippen LogP contribution in [0.2, 0.25) is 0 Å². The Morgan fingerprint density at radius 2 is 2.08 bits per heavy atom. The molecule has 3 rings (SSSR count). The van der Waals surface area contributed by atoms with Gasteiger partial charge < -0.3 is 5.11 Å². The van der Waals surface area contributed by atoms with Crippen molar-refractivity contribution < 1.29 is 17.9 Å². The predicted octanol–water partition coefficient (Wildman–Crippen LogP) is 2.12. The molecule has 1 saturated carbocycles. The van der Waals surface area contributed by atoms with Crippen LogP contribution in [0.3, 0.4) is 0 Å². The molecular formula is C18H18FN3O3S. The molecule has 0 unspecified atom stereocenters. The fourth-order valence-electron chi connectivity index (χ4n) is 3.03. The molecule has 0 spiro atoms. The number of rotatable bonds is 5. The van der Waals surface area contributed by atoms with Crippen LogP contribution in [0.15, 0.2) is 35.2 Å². The van der Waals surface area contributed by atoms with Crippen molar-refractivity contribution in [2.75, 3.05) is 6.61 Å². The number of pyridine rings is 1.